The van der Waals surface area contributed by atoms with Gasteiger partial charge in [-0.25, -0.2) is 4.79 Å². The summed E-state index contributed by atoms with van der Waals surface area (Å²) in [6, 6.07) is 9.90. The zero-order valence-corrected chi connectivity index (χ0v) is 11.5. The number of ether oxygens (including phenoxy) is 1. The van der Waals surface area contributed by atoms with Crippen LogP contribution in [-0.2, 0) is 16.1 Å². The van der Waals surface area contributed by atoms with E-state index in [0.717, 1.165) is 24.9 Å². The molecular formula is C16H19NO3. The fourth-order valence-corrected chi connectivity index (χ4v) is 3.28. The molecule has 2 atom stereocenters. The SMILES string of the molecule is O=C1CC[C@@H]2[C@H](CCN2C(=O)OCc2ccccc2)C1. The van der Waals surface area contributed by atoms with Gasteiger partial charge in [0, 0.05) is 25.4 Å². The third kappa shape index (κ3) is 2.69. The van der Waals surface area contributed by atoms with Crippen LogP contribution in [0.3, 0.4) is 0 Å². The van der Waals surface area contributed by atoms with E-state index in [9.17, 15) is 9.59 Å². The minimum absolute atomic E-state index is 0.205. The highest BCUT2D eigenvalue weighted by molar-refractivity contribution is 5.80. The molecule has 1 aliphatic carbocycles. The van der Waals surface area contributed by atoms with Crippen molar-refractivity contribution in [3.63, 3.8) is 0 Å². The van der Waals surface area contributed by atoms with Crippen LogP contribution in [-0.4, -0.2) is 29.4 Å². The molecule has 1 saturated carbocycles. The molecule has 1 saturated heterocycles. The van der Waals surface area contributed by atoms with Gasteiger partial charge in [0.1, 0.15) is 12.4 Å². The van der Waals surface area contributed by atoms with Crippen molar-refractivity contribution in [1.29, 1.82) is 0 Å². The van der Waals surface area contributed by atoms with Crippen molar-refractivity contribution in [3.8, 4) is 0 Å². The second kappa shape index (κ2) is 5.65. The van der Waals surface area contributed by atoms with Crippen molar-refractivity contribution in [2.24, 2.45) is 5.92 Å². The molecule has 1 aliphatic heterocycles. The summed E-state index contributed by atoms with van der Waals surface area (Å²) < 4.78 is 5.39. The van der Waals surface area contributed by atoms with E-state index < -0.39 is 0 Å². The summed E-state index contributed by atoms with van der Waals surface area (Å²) in [6.07, 6.45) is 2.72. The predicted molar refractivity (Wildman–Crippen MR) is 74.1 cm³/mol. The molecule has 106 valence electrons. The molecule has 0 radical (unpaired) electrons. The topological polar surface area (TPSA) is 46.6 Å². The number of hydrogen-bond acceptors (Lipinski definition) is 3. The third-order valence-electron chi connectivity index (χ3n) is 4.33. The van der Waals surface area contributed by atoms with E-state index in [1.807, 2.05) is 35.2 Å². The Labute approximate surface area is 118 Å². The maximum atomic E-state index is 12.2. The van der Waals surface area contributed by atoms with Gasteiger partial charge in [-0.2, -0.15) is 0 Å². The molecule has 20 heavy (non-hydrogen) atoms. The molecule has 0 aromatic heterocycles. The van der Waals surface area contributed by atoms with Gasteiger partial charge >= 0.3 is 6.09 Å². The monoisotopic (exact) mass is 273 g/mol. The number of hydrogen-bond donors (Lipinski definition) is 0. The first-order chi connectivity index (χ1) is 9.74. The summed E-state index contributed by atoms with van der Waals surface area (Å²) in [5, 5.41) is 0. The number of rotatable bonds is 2. The molecule has 1 aromatic rings. The van der Waals surface area contributed by atoms with E-state index in [1.54, 1.807) is 0 Å². The van der Waals surface area contributed by atoms with Crippen molar-refractivity contribution in [2.45, 2.75) is 38.3 Å². The summed E-state index contributed by atoms with van der Waals surface area (Å²) in [4.78, 5) is 25.5. The quantitative estimate of drug-likeness (QED) is 0.832. The zero-order chi connectivity index (χ0) is 13.9. The fourth-order valence-electron chi connectivity index (χ4n) is 3.28. The van der Waals surface area contributed by atoms with Crippen molar-refractivity contribution in [3.05, 3.63) is 35.9 Å². The van der Waals surface area contributed by atoms with Crippen LogP contribution in [0, 0.1) is 5.92 Å². The van der Waals surface area contributed by atoms with Crippen LogP contribution in [0.15, 0.2) is 30.3 Å². The molecule has 1 aromatic carbocycles. The number of likely N-dealkylation sites (tertiary alicyclic amines) is 1. The summed E-state index contributed by atoms with van der Waals surface area (Å²) in [6.45, 7) is 1.03. The molecule has 0 bridgehead atoms. The summed E-state index contributed by atoms with van der Waals surface area (Å²) >= 11 is 0. The summed E-state index contributed by atoms with van der Waals surface area (Å²) in [5.41, 5.74) is 0.996. The first-order valence-electron chi connectivity index (χ1n) is 7.23. The van der Waals surface area contributed by atoms with Gasteiger partial charge in [0.2, 0.25) is 0 Å². The lowest BCUT2D eigenvalue weighted by atomic mass is 9.84. The molecule has 0 N–H and O–H groups in total. The Kier molecular flexibility index (Phi) is 3.72. The van der Waals surface area contributed by atoms with Gasteiger partial charge < -0.3 is 9.64 Å². The van der Waals surface area contributed by atoms with Gasteiger partial charge in [0.15, 0.2) is 0 Å². The van der Waals surface area contributed by atoms with Crippen molar-refractivity contribution in [1.82, 2.24) is 4.90 Å². The van der Waals surface area contributed by atoms with Crippen LogP contribution >= 0.6 is 0 Å². The van der Waals surface area contributed by atoms with E-state index >= 15 is 0 Å². The highest BCUT2D eigenvalue weighted by Crippen LogP contribution is 2.35. The Bertz CT molecular complexity index is 500. The lowest BCUT2D eigenvalue weighted by Crippen LogP contribution is -2.40. The standard InChI is InChI=1S/C16H19NO3/c18-14-6-7-15-13(10-14)8-9-17(15)16(19)20-11-12-4-2-1-3-5-12/h1-5,13,15H,6-11H2/t13-,15-/m1/s1. The zero-order valence-electron chi connectivity index (χ0n) is 11.5. The van der Waals surface area contributed by atoms with Crippen LogP contribution < -0.4 is 0 Å². The normalized spacial score (nSPS) is 25.4. The maximum absolute atomic E-state index is 12.2. The average Bonchev–Trinajstić information content (AvgIpc) is 2.89. The van der Waals surface area contributed by atoms with Crippen LogP contribution in [0.4, 0.5) is 4.79 Å². The van der Waals surface area contributed by atoms with E-state index in [0.29, 0.717) is 31.1 Å². The van der Waals surface area contributed by atoms with Gasteiger partial charge in [0.25, 0.3) is 0 Å². The summed E-state index contributed by atoms with van der Waals surface area (Å²) in [7, 11) is 0. The van der Waals surface area contributed by atoms with E-state index in [4.69, 9.17) is 4.74 Å². The Morgan fingerprint density at radius 2 is 2.05 bits per heavy atom. The molecule has 0 spiro atoms. The second-order valence-electron chi connectivity index (χ2n) is 5.63. The number of carbonyl (C=O) groups is 2. The minimum atomic E-state index is -0.240. The first-order valence-corrected chi connectivity index (χ1v) is 7.23. The molecule has 3 rings (SSSR count). The predicted octanol–water partition coefficient (Wildman–Crippen LogP) is 2.77. The molecular weight excluding hydrogens is 254 g/mol. The number of benzene rings is 1. The number of fused-ring (bicyclic) bond motifs is 1. The minimum Gasteiger partial charge on any atom is -0.445 e. The smallest absolute Gasteiger partial charge is 0.410 e. The lowest BCUT2D eigenvalue weighted by Gasteiger charge is -2.30. The van der Waals surface area contributed by atoms with Gasteiger partial charge in [-0.15, -0.1) is 0 Å². The van der Waals surface area contributed by atoms with Gasteiger partial charge in [-0.05, 0) is 24.3 Å². The number of ketones is 1. The first kappa shape index (κ1) is 13.2. The number of Topliss-reactive ketones (excluding diaryl/α,β-unsaturated/α-hetero) is 1. The van der Waals surface area contributed by atoms with E-state index in [-0.39, 0.29) is 12.1 Å². The number of nitrogens with zero attached hydrogens (tertiary/aromatic N) is 1. The molecule has 0 unspecified atom stereocenters. The molecule has 4 heteroatoms. The van der Waals surface area contributed by atoms with E-state index in [2.05, 4.69) is 0 Å². The molecule has 4 nitrogen and oxygen atoms in total. The highest BCUT2D eigenvalue weighted by Gasteiger charge is 2.41. The third-order valence-corrected chi connectivity index (χ3v) is 4.33. The Balaban J connectivity index is 1.57. The molecule has 2 fully saturated rings. The second-order valence-corrected chi connectivity index (χ2v) is 5.63. The average molecular weight is 273 g/mol. The van der Waals surface area contributed by atoms with Gasteiger partial charge in [-0.3, -0.25) is 4.79 Å². The van der Waals surface area contributed by atoms with Crippen molar-refractivity contribution >= 4 is 11.9 Å². The Hall–Kier alpha value is -1.84. The van der Waals surface area contributed by atoms with Gasteiger partial charge in [-0.1, -0.05) is 30.3 Å². The molecule has 2 aliphatic rings. The molecule has 1 heterocycles. The lowest BCUT2D eigenvalue weighted by molar-refractivity contribution is -0.122. The number of amides is 1. The fraction of sp³-hybridized carbons (Fsp3) is 0.500. The van der Waals surface area contributed by atoms with Crippen LogP contribution in [0.5, 0.6) is 0 Å². The molecule has 1 amide bonds. The van der Waals surface area contributed by atoms with Crippen LogP contribution in [0.1, 0.15) is 31.2 Å². The van der Waals surface area contributed by atoms with Crippen LogP contribution in [0.25, 0.3) is 0 Å². The van der Waals surface area contributed by atoms with E-state index in [1.165, 1.54) is 0 Å². The largest absolute Gasteiger partial charge is 0.445 e. The van der Waals surface area contributed by atoms with Crippen molar-refractivity contribution in [2.75, 3.05) is 6.54 Å². The maximum Gasteiger partial charge on any atom is 0.410 e. The Morgan fingerprint density at radius 3 is 2.85 bits per heavy atom. The highest BCUT2D eigenvalue weighted by atomic mass is 16.6. The Morgan fingerprint density at radius 1 is 1.25 bits per heavy atom. The van der Waals surface area contributed by atoms with Crippen molar-refractivity contribution < 1.29 is 14.3 Å². The van der Waals surface area contributed by atoms with Gasteiger partial charge in [0.05, 0.1) is 0 Å². The van der Waals surface area contributed by atoms with Crippen LogP contribution in [0.2, 0.25) is 0 Å². The summed E-state index contributed by atoms with van der Waals surface area (Å²) in [5.74, 6) is 0.686. The number of carbonyl (C=O) groups excluding carboxylic acids is 2.